The van der Waals surface area contributed by atoms with Gasteiger partial charge in [-0.2, -0.15) is 0 Å². The van der Waals surface area contributed by atoms with Gasteiger partial charge in [-0.15, -0.1) is 0 Å². The molecule has 0 fully saturated rings. The summed E-state index contributed by atoms with van der Waals surface area (Å²) in [5.74, 6) is -4.53. The number of hydrogen-bond donors (Lipinski definition) is 6. The Bertz CT molecular complexity index is 1130. The summed E-state index contributed by atoms with van der Waals surface area (Å²) in [6.45, 7) is -0.377. The molecule has 6 N–H and O–H groups in total. The minimum Gasteiger partial charge on any atom is -0.478 e. The molecule has 0 saturated heterocycles. The lowest BCUT2D eigenvalue weighted by molar-refractivity contribution is -0.136. The molecule has 0 atom stereocenters. The maximum Gasteiger partial charge on any atom is 0.332 e. The predicted molar refractivity (Wildman–Crippen MR) is 144 cm³/mol. The van der Waals surface area contributed by atoms with Crippen LogP contribution in [0.15, 0.2) is 71.8 Å². The van der Waals surface area contributed by atoms with Gasteiger partial charge in [0.1, 0.15) is 0 Å². The fourth-order valence-corrected chi connectivity index (χ4v) is 3.59. The summed E-state index contributed by atoms with van der Waals surface area (Å²) in [7, 11) is 0. The lowest BCUT2D eigenvalue weighted by atomic mass is 9.99. The number of hydrogen-bond acceptors (Lipinski definition) is 6. The van der Waals surface area contributed by atoms with Gasteiger partial charge in [0.25, 0.3) is 11.8 Å². The minimum atomic E-state index is -1.38. The van der Waals surface area contributed by atoms with Crippen LogP contribution in [0.5, 0.6) is 0 Å². The molecule has 2 aromatic rings. The van der Waals surface area contributed by atoms with Gasteiger partial charge in [-0.25, -0.2) is 9.59 Å². The number of nitrogens with one attached hydrogen (secondary N) is 4. The van der Waals surface area contributed by atoms with Gasteiger partial charge in [0.15, 0.2) is 0 Å². The standard InChI is InChI=1S/C28H32N4O8/c33-23(17-31-25(35)19-9-3-1-4-10-19)29-15-7-13-21(27(37)38)22(28(39)40)14-8-16-30-24(34)18-32-26(36)20-11-5-2-6-12-20/h1-6,9-12H,7-8,13-18H2,(H,29,33)(H,30,34)(H,31,35)(H,32,36)(H,37,38)(H,39,40). The predicted octanol–water partition coefficient (Wildman–Crippen LogP) is 1.11. The molecule has 0 unspecified atom stereocenters. The lowest BCUT2D eigenvalue weighted by Gasteiger charge is -2.11. The van der Waals surface area contributed by atoms with Crippen molar-refractivity contribution >= 4 is 35.6 Å². The fraction of sp³-hybridized carbons (Fsp3) is 0.286. The van der Waals surface area contributed by atoms with Crippen molar-refractivity contribution < 1.29 is 39.0 Å². The smallest absolute Gasteiger partial charge is 0.332 e. The van der Waals surface area contributed by atoms with E-state index in [9.17, 15) is 39.0 Å². The molecule has 0 aliphatic rings. The second kappa shape index (κ2) is 16.8. The molecule has 40 heavy (non-hydrogen) atoms. The molecule has 4 amide bonds. The van der Waals surface area contributed by atoms with E-state index in [0.717, 1.165) is 0 Å². The minimum absolute atomic E-state index is 0.0779. The van der Waals surface area contributed by atoms with E-state index in [1.807, 2.05) is 0 Å². The summed E-state index contributed by atoms with van der Waals surface area (Å²) in [6, 6.07) is 16.7. The van der Waals surface area contributed by atoms with Gasteiger partial charge in [-0.3, -0.25) is 19.2 Å². The van der Waals surface area contributed by atoms with Gasteiger partial charge in [0.05, 0.1) is 13.1 Å². The molecule has 0 spiro atoms. The highest BCUT2D eigenvalue weighted by Crippen LogP contribution is 2.17. The Morgan fingerprint density at radius 2 is 0.875 bits per heavy atom. The molecule has 0 radical (unpaired) electrons. The highest BCUT2D eigenvalue weighted by Gasteiger charge is 2.20. The van der Waals surface area contributed by atoms with Crippen LogP contribution in [0.1, 0.15) is 46.4 Å². The molecule has 0 saturated carbocycles. The van der Waals surface area contributed by atoms with E-state index in [0.29, 0.717) is 11.1 Å². The number of amides is 4. The summed E-state index contributed by atoms with van der Waals surface area (Å²) < 4.78 is 0. The molecule has 12 heteroatoms. The zero-order valence-electron chi connectivity index (χ0n) is 21.8. The van der Waals surface area contributed by atoms with E-state index < -0.39 is 35.6 Å². The summed E-state index contributed by atoms with van der Waals surface area (Å²) in [5.41, 5.74) is 0.227. The second-order valence-electron chi connectivity index (χ2n) is 8.57. The number of aliphatic carboxylic acids is 2. The third kappa shape index (κ3) is 11.2. The highest BCUT2D eigenvalue weighted by molar-refractivity contribution is 5.99. The number of carbonyl (C=O) groups excluding carboxylic acids is 4. The van der Waals surface area contributed by atoms with Crippen molar-refractivity contribution in [3.05, 3.63) is 82.9 Å². The van der Waals surface area contributed by atoms with Crippen LogP contribution >= 0.6 is 0 Å². The van der Waals surface area contributed by atoms with Crippen LogP contribution in [-0.2, 0) is 19.2 Å². The summed E-state index contributed by atoms with van der Waals surface area (Å²) in [6.07, 6.45) is 0.111. The van der Waals surface area contributed by atoms with E-state index >= 15 is 0 Å². The largest absolute Gasteiger partial charge is 0.478 e. The van der Waals surface area contributed by atoms with Gasteiger partial charge in [0, 0.05) is 35.4 Å². The molecule has 0 heterocycles. The Kier molecular flexibility index (Phi) is 13.1. The Morgan fingerprint density at radius 1 is 0.525 bits per heavy atom. The van der Waals surface area contributed by atoms with Crippen molar-refractivity contribution in [2.75, 3.05) is 26.2 Å². The Balaban J connectivity index is 1.74. The van der Waals surface area contributed by atoms with Crippen molar-refractivity contribution in [2.24, 2.45) is 0 Å². The van der Waals surface area contributed by atoms with Gasteiger partial charge >= 0.3 is 11.9 Å². The summed E-state index contributed by atoms with van der Waals surface area (Å²) in [4.78, 5) is 71.4. The quantitative estimate of drug-likeness (QED) is 0.132. The Morgan fingerprint density at radius 3 is 1.20 bits per heavy atom. The van der Waals surface area contributed by atoms with Gasteiger partial charge in [0.2, 0.25) is 11.8 Å². The molecule has 2 aromatic carbocycles. The monoisotopic (exact) mass is 552 g/mol. The van der Waals surface area contributed by atoms with E-state index in [1.54, 1.807) is 60.7 Å². The maximum absolute atomic E-state index is 12.0. The molecule has 0 aromatic heterocycles. The third-order valence-corrected chi connectivity index (χ3v) is 5.62. The number of carboxylic acid groups (broad SMARTS) is 2. The summed E-state index contributed by atoms with van der Waals surface area (Å²) in [5, 5.41) is 29.2. The average Bonchev–Trinajstić information content (AvgIpc) is 2.95. The first-order valence-electron chi connectivity index (χ1n) is 12.6. The SMILES string of the molecule is O=C(CNC(=O)c1ccccc1)NCCCC(C(=O)O)=C(CCCNC(=O)CNC(=O)c1ccccc1)C(=O)O. The van der Waals surface area contributed by atoms with Crippen LogP contribution in [0.2, 0.25) is 0 Å². The first-order valence-corrected chi connectivity index (χ1v) is 12.6. The van der Waals surface area contributed by atoms with Gasteiger partial charge in [-0.1, -0.05) is 36.4 Å². The Labute approximate surface area is 230 Å². The van der Waals surface area contributed by atoms with E-state index in [2.05, 4.69) is 21.3 Å². The van der Waals surface area contributed by atoms with Crippen molar-refractivity contribution in [1.82, 2.24) is 21.3 Å². The normalized spacial score (nSPS) is 11.0. The van der Waals surface area contributed by atoms with Crippen molar-refractivity contribution in [2.45, 2.75) is 25.7 Å². The fourth-order valence-electron chi connectivity index (χ4n) is 3.59. The first kappa shape index (κ1) is 31.2. The van der Waals surface area contributed by atoms with Gasteiger partial charge in [-0.05, 0) is 49.9 Å². The third-order valence-electron chi connectivity index (χ3n) is 5.62. The zero-order valence-corrected chi connectivity index (χ0v) is 21.8. The van der Waals surface area contributed by atoms with E-state index in [1.165, 1.54) is 0 Å². The molecular weight excluding hydrogens is 520 g/mol. The number of benzene rings is 2. The van der Waals surface area contributed by atoms with Crippen LogP contribution in [0.3, 0.4) is 0 Å². The highest BCUT2D eigenvalue weighted by atomic mass is 16.4. The van der Waals surface area contributed by atoms with Crippen molar-refractivity contribution in [3.63, 3.8) is 0 Å². The average molecular weight is 553 g/mol. The van der Waals surface area contributed by atoms with Crippen LogP contribution < -0.4 is 21.3 Å². The number of carbonyl (C=O) groups is 6. The molecule has 212 valence electrons. The van der Waals surface area contributed by atoms with Crippen molar-refractivity contribution in [3.8, 4) is 0 Å². The topological polar surface area (TPSA) is 191 Å². The van der Waals surface area contributed by atoms with Crippen LogP contribution in [0, 0.1) is 0 Å². The molecule has 12 nitrogen and oxygen atoms in total. The molecule has 2 rings (SSSR count). The lowest BCUT2D eigenvalue weighted by Crippen LogP contribution is -2.37. The van der Waals surface area contributed by atoms with Crippen LogP contribution in [0.25, 0.3) is 0 Å². The number of rotatable bonds is 16. The zero-order chi connectivity index (χ0) is 29.3. The summed E-state index contributed by atoms with van der Waals surface area (Å²) >= 11 is 0. The van der Waals surface area contributed by atoms with E-state index in [-0.39, 0.29) is 63.0 Å². The van der Waals surface area contributed by atoms with E-state index in [4.69, 9.17) is 0 Å². The second-order valence-corrected chi connectivity index (χ2v) is 8.57. The van der Waals surface area contributed by atoms with Gasteiger partial charge < -0.3 is 31.5 Å². The maximum atomic E-state index is 12.0. The Hall–Kier alpha value is -5.00. The van der Waals surface area contributed by atoms with Crippen molar-refractivity contribution in [1.29, 1.82) is 0 Å². The van der Waals surface area contributed by atoms with Crippen LogP contribution in [0.4, 0.5) is 0 Å². The first-order chi connectivity index (χ1) is 19.2. The van der Waals surface area contributed by atoms with Crippen LogP contribution in [-0.4, -0.2) is 72.0 Å². The molecule has 0 bridgehead atoms. The number of carboxylic acids is 2. The molecular formula is C28H32N4O8. The molecule has 0 aliphatic heterocycles. The molecule has 0 aliphatic carbocycles.